The van der Waals surface area contributed by atoms with Crippen molar-refractivity contribution < 1.29 is 13.2 Å². The highest BCUT2D eigenvalue weighted by molar-refractivity contribution is 7.89. The minimum absolute atomic E-state index is 0.0715. The molecule has 0 unspecified atom stereocenters. The summed E-state index contributed by atoms with van der Waals surface area (Å²) in [6, 6.07) is 23.0. The Morgan fingerprint density at radius 1 is 0.971 bits per heavy atom. The van der Waals surface area contributed by atoms with E-state index in [0.717, 1.165) is 21.1 Å². The molecule has 0 atom stereocenters. The molecule has 178 valence electrons. The molecule has 0 aliphatic rings. The van der Waals surface area contributed by atoms with Gasteiger partial charge in [0, 0.05) is 31.4 Å². The maximum absolute atomic E-state index is 13.2. The minimum atomic E-state index is -3.92. The minimum Gasteiger partial charge on any atom is -0.378 e. The van der Waals surface area contributed by atoms with E-state index in [-0.39, 0.29) is 18.0 Å². The molecule has 0 aromatic heterocycles. The van der Waals surface area contributed by atoms with E-state index in [1.54, 1.807) is 0 Å². The molecule has 0 heterocycles. The number of carbonyl (C=O) groups excluding carboxylic acids is 1. The molecular formula is C25H27ClN4O3S. The Bertz CT molecular complexity index is 1210. The molecule has 0 saturated carbocycles. The first kappa shape index (κ1) is 25.4. The number of amides is 1. The molecule has 34 heavy (non-hydrogen) atoms. The van der Waals surface area contributed by atoms with Gasteiger partial charge < -0.3 is 4.90 Å². The number of nitrogens with zero attached hydrogens (tertiary/aromatic N) is 3. The summed E-state index contributed by atoms with van der Waals surface area (Å²) in [5, 5.41) is 4.41. The van der Waals surface area contributed by atoms with Gasteiger partial charge in [-0.05, 0) is 53.9 Å². The predicted molar refractivity (Wildman–Crippen MR) is 137 cm³/mol. The fourth-order valence-electron chi connectivity index (χ4n) is 3.17. The average molecular weight is 499 g/mol. The van der Waals surface area contributed by atoms with E-state index in [9.17, 15) is 13.2 Å². The summed E-state index contributed by atoms with van der Waals surface area (Å²) < 4.78 is 27.6. The normalized spacial score (nSPS) is 11.6. The lowest BCUT2D eigenvalue weighted by molar-refractivity contribution is -0.121. The van der Waals surface area contributed by atoms with Crippen molar-refractivity contribution >= 4 is 39.4 Å². The zero-order valence-corrected chi connectivity index (χ0v) is 20.6. The standard InChI is InChI=1S/C25H27ClN4O3S/c1-29(2)23-12-8-21(9-13-23)18-27-28-25(31)19-30(17-16-20-6-4-3-5-7-20)34(32,33)24-14-10-22(26)11-15-24/h3-15,18H,16-17,19H2,1-2H3,(H,28,31). The van der Waals surface area contributed by atoms with Crippen LogP contribution in [0.25, 0.3) is 0 Å². The molecule has 9 heteroatoms. The molecule has 1 amide bonds. The average Bonchev–Trinajstić information content (AvgIpc) is 2.83. The number of carbonyl (C=O) groups is 1. The second kappa shape index (κ2) is 11.8. The van der Waals surface area contributed by atoms with Gasteiger partial charge >= 0.3 is 0 Å². The van der Waals surface area contributed by atoms with Crippen LogP contribution < -0.4 is 10.3 Å². The van der Waals surface area contributed by atoms with Gasteiger partial charge in [-0.25, -0.2) is 13.8 Å². The molecule has 7 nitrogen and oxygen atoms in total. The lowest BCUT2D eigenvalue weighted by Crippen LogP contribution is -2.40. The largest absolute Gasteiger partial charge is 0.378 e. The first-order valence-corrected chi connectivity index (χ1v) is 12.5. The lowest BCUT2D eigenvalue weighted by Gasteiger charge is -2.21. The molecule has 1 N–H and O–H groups in total. The van der Waals surface area contributed by atoms with Crippen LogP contribution in [0.15, 0.2) is 88.9 Å². The van der Waals surface area contributed by atoms with Crippen molar-refractivity contribution in [1.82, 2.24) is 9.73 Å². The van der Waals surface area contributed by atoms with E-state index in [2.05, 4.69) is 10.5 Å². The number of nitrogens with one attached hydrogen (secondary N) is 1. The Kier molecular flexibility index (Phi) is 8.81. The second-order valence-corrected chi connectivity index (χ2v) is 10.2. The van der Waals surface area contributed by atoms with Crippen LogP contribution in [0.1, 0.15) is 11.1 Å². The van der Waals surface area contributed by atoms with Gasteiger partial charge in [0.15, 0.2) is 0 Å². The molecule has 0 aliphatic heterocycles. The third kappa shape index (κ3) is 7.15. The Morgan fingerprint density at radius 3 is 2.24 bits per heavy atom. The Morgan fingerprint density at radius 2 is 1.62 bits per heavy atom. The molecule has 0 bridgehead atoms. The van der Waals surface area contributed by atoms with E-state index in [1.807, 2.05) is 73.6 Å². The molecular weight excluding hydrogens is 472 g/mol. The molecule has 0 saturated heterocycles. The Hall–Kier alpha value is -3.20. The number of hydrazone groups is 1. The highest BCUT2D eigenvalue weighted by atomic mass is 35.5. The summed E-state index contributed by atoms with van der Waals surface area (Å²) in [5.74, 6) is -0.535. The quantitative estimate of drug-likeness (QED) is 0.340. The van der Waals surface area contributed by atoms with Crippen molar-refractivity contribution in [3.8, 4) is 0 Å². The number of hydrogen-bond acceptors (Lipinski definition) is 5. The fourth-order valence-corrected chi connectivity index (χ4v) is 4.69. The van der Waals surface area contributed by atoms with Gasteiger partial charge in [-0.2, -0.15) is 9.41 Å². The van der Waals surface area contributed by atoms with Crippen LogP contribution in [-0.4, -0.2) is 52.0 Å². The molecule has 0 fully saturated rings. The number of sulfonamides is 1. The van der Waals surface area contributed by atoms with E-state index in [4.69, 9.17) is 11.6 Å². The predicted octanol–water partition coefficient (Wildman–Crippen LogP) is 3.79. The highest BCUT2D eigenvalue weighted by Crippen LogP contribution is 2.19. The summed E-state index contributed by atoms with van der Waals surface area (Å²) in [7, 11) is -0.0171. The number of hydrogen-bond donors (Lipinski definition) is 1. The topological polar surface area (TPSA) is 82.1 Å². The van der Waals surface area contributed by atoms with Crippen LogP contribution in [-0.2, 0) is 21.2 Å². The van der Waals surface area contributed by atoms with Crippen molar-refractivity contribution in [1.29, 1.82) is 0 Å². The van der Waals surface area contributed by atoms with Gasteiger partial charge in [0.1, 0.15) is 0 Å². The number of halogens is 1. The summed E-state index contributed by atoms with van der Waals surface area (Å²) in [6.45, 7) is -0.229. The van der Waals surface area contributed by atoms with E-state index < -0.39 is 15.9 Å². The van der Waals surface area contributed by atoms with Crippen molar-refractivity contribution in [2.75, 3.05) is 32.1 Å². The maximum atomic E-state index is 13.2. The first-order chi connectivity index (χ1) is 16.3. The van der Waals surface area contributed by atoms with Gasteiger partial charge in [-0.3, -0.25) is 4.79 Å². The van der Waals surface area contributed by atoms with Gasteiger partial charge in [-0.15, -0.1) is 0 Å². The van der Waals surface area contributed by atoms with Crippen LogP contribution in [0.4, 0.5) is 5.69 Å². The maximum Gasteiger partial charge on any atom is 0.255 e. The third-order valence-electron chi connectivity index (χ3n) is 5.08. The molecule has 0 radical (unpaired) electrons. The fraction of sp³-hybridized carbons (Fsp3) is 0.200. The van der Waals surface area contributed by atoms with Crippen LogP contribution in [0, 0.1) is 0 Å². The van der Waals surface area contributed by atoms with Crippen LogP contribution in [0.5, 0.6) is 0 Å². The Balaban J connectivity index is 1.70. The van der Waals surface area contributed by atoms with Crippen molar-refractivity contribution in [3.05, 3.63) is 95.0 Å². The molecule has 3 aromatic rings. The van der Waals surface area contributed by atoms with Gasteiger partial charge in [-0.1, -0.05) is 54.1 Å². The van der Waals surface area contributed by atoms with E-state index in [0.29, 0.717) is 11.4 Å². The summed E-state index contributed by atoms with van der Waals surface area (Å²) in [6.07, 6.45) is 1.97. The second-order valence-electron chi connectivity index (χ2n) is 7.81. The van der Waals surface area contributed by atoms with Crippen molar-refractivity contribution in [3.63, 3.8) is 0 Å². The van der Waals surface area contributed by atoms with Crippen LogP contribution in [0.3, 0.4) is 0 Å². The number of anilines is 1. The van der Waals surface area contributed by atoms with Gasteiger partial charge in [0.25, 0.3) is 5.91 Å². The molecule has 0 aliphatic carbocycles. The zero-order valence-electron chi connectivity index (χ0n) is 19.1. The monoisotopic (exact) mass is 498 g/mol. The smallest absolute Gasteiger partial charge is 0.255 e. The molecule has 0 spiro atoms. The van der Waals surface area contributed by atoms with Crippen molar-refractivity contribution in [2.24, 2.45) is 5.10 Å². The van der Waals surface area contributed by atoms with E-state index in [1.165, 1.54) is 30.5 Å². The van der Waals surface area contributed by atoms with Gasteiger partial charge in [0.05, 0.1) is 17.7 Å². The molecule has 3 aromatic carbocycles. The SMILES string of the molecule is CN(C)c1ccc(C=NNC(=O)CN(CCc2ccccc2)S(=O)(=O)c2ccc(Cl)cc2)cc1. The third-order valence-corrected chi connectivity index (χ3v) is 7.19. The van der Waals surface area contributed by atoms with Crippen molar-refractivity contribution in [2.45, 2.75) is 11.3 Å². The number of benzene rings is 3. The lowest BCUT2D eigenvalue weighted by atomic mass is 10.1. The highest BCUT2D eigenvalue weighted by Gasteiger charge is 2.26. The first-order valence-electron chi connectivity index (χ1n) is 10.6. The summed E-state index contributed by atoms with van der Waals surface area (Å²) in [5.41, 5.74) is 5.24. The summed E-state index contributed by atoms with van der Waals surface area (Å²) >= 11 is 5.91. The van der Waals surface area contributed by atoms with E-state index >= 15 is 0 Å². The summed E-state index contributed by atoms with van der Waals surface area (Å²) in [4.78, 5) is 14.6. The van der Waals surface area contributed by atoms with Crippen LogP contribution >= 0.6 is 11.6 Å². The zero-order chi connectivity index (χ0) is 24.6. The van der Waals surface area contributed by atoms with Gasteiger partial charge in [0.2, 0.25) is 10.0 Å². The Labute approximate surface area is 205 Å². The molecule has 3 rings (SSSR count). The van der Waals surface area contributed by atoms with Crippen LogP contribution in [0.2, 0.25) is 5.02 Å². The number of rotatable bonds is 10.